The van der Waals surface area contributed by atoms with Crippen molar-refractivity contribution in [2.75, 3.05) is 7.11 Å². The number of carboxylic acids is 2. The summed E-state index contributed by atoms with van der Waals surface area (Å²) in [5, 5.41) is 23.8. The lowest BCUT2D eigenvalue weighted by Crippen LogP contribution is -2.65. The molecule has 8 heteroatoms. The number of hydrogen-bond acceptors (Lipinski definition) is 5. The van der Waals surface area contributed by atoms with Gasteiger partial charge in [-0.3, -0.25) is 10.1 Å². The standard InChI is InChI=1S/C19H22N2O6/c1-4-19(17(24)25,21-18(26)27-3)16(13(2)10-11-15(22)23)20-12-14-8-6-5-7-9-14/h1,5-9,16,20H,2,10-12H2,3H3,(H,21,26)(H,22,23)(H,24,25). The number of benzene rings is 1. The van der Waals surface area contributed by atoms with Gasteiger partial charge in [0.1, 0.15) is 0 Å². The number of carbonyl (C=O) groups excluding carboxylic acids is 1. The van der Waals surface area contributed by atoms with Crippen molar-refractivity contribution in [2.45, 2.75) is 31.0 Å². The van der Waals surface area contributed by atoms with Gasteiger partial charge in [0.15, 0.2) is 0 Å². The van der Waals surface area contributed by atoms with E-state index in [2.05, 4.69) is 27.9 Å². The van der Waals surface area contributed by atoms with Crippen molar-refractivity contribution in [3.63, 3.8) is 0 Å². The molecule has 27 heavy (non-hydrogen) atoms. The van der Waals surface area contributed by atoms with Gasteiger partial charge in [0.25, 0.3) is 0 Å². The number of rotatable bonds is 10. The Morgan fingerprint density at radius 2 is 1.89 bits per heavy atom. The minimum Gasteiger partial charge on any atom is -0.481 e. The van der Waals surface area contributed by atoms with Gasteiger partial charge < -0.3 is 20.3 Å². The molecule has 1 amide bonds. The van der Waals surface area contributed by atoms with Gasteiger partial charge in [-0.2, -0.15) is 0 Å². The first-order valence-corrected chi connectivity index (χ1v) is 8.01. The van der Waals surface area contributed by atoms with Gasteiger partial charge in [-0.25, -0.2) is 9.59 Å². The number of nitrogens with one attached hydrogen (secondary N) is 2. The summed E-state index contributed by atoms with van der Waals surface area (Å²) in [5.41, 5.74) is -1.15. The number of hydrogen-bond donors (Lipinski definition) is 4. The Morgan fingerprint density at radius 1 is 1.26 bits per heavy atom. The van der Waals surface area contributed by atoms with Crippen LogP contribution in [0.25, 0.3) is 0 Å². The van der Waals surface area contributed by atoms with E-state index in [-0.39, 0.29) is 25.0 Å². The Labute approximate surface area is 157 Å². The molecule has 0 spiro atoms. The van der Waals surface area contributed by atoms with E-state index in [1.807, 2.05) is 30.3 Å². The molecule has 0 aliphatic carbocycles. The quantitative estimate of drug-likeness (QED) is 0.360. The maximum Gasteiger partial charge on any atom is 0.408 e. The van der Waals surface area contributed by atoms with Crippen LogP contribution < -0.4 is 10.6 Å². The molecule has 1 aromatic rings. The van der Waals surface area contributed by atoms with Gasteiger partial charge in [-0.1, -0.05) is 48.4 Å². The molecule has 0 saturated carbocycles. The van der Waals surface area contributed by atoms with Crippen molar-refractivity contribution < 1.29 is 29.3 Å². The highest BCUT2D eigenvalue weighted by atomic mass is 16.5. The zero-order valence-corrected chi connectivity index (χ0v) is 14.9. The molecule has 1 aromatic carbocycles. The second-order valence-corrected chi connectivity index (χ2v) is 5.73. The monoisotopic (exact) mass is 374 g/mol. The van der Waals surface area contributed by atoms with Crippen LogP contribution >= 0.6 is 0 Å². The van der Waals surface area contributed by atoms with Gasteiger partial charge in [0.2, 0.25) is 5.54 Å². The van der Waals surface area contributed by atoms with Crippen molar-refractivity contribution in [3.05, 3.63) is 48.0 Å². The van der Waals surface area contributed by atoms with Gasteiger partial charge in [0, 0.05) is 13.0 Å². The van der Waals surface area contributed by atoms with Crippen LogP contribution in [0.1, 0.15) is 18.4 Å². The van der Waals surface area contributed by atoms with Crippen LogP contribution in [0.2, 0.25) is 0 Å². The highest BCUT2D eigenvalue weighted by molar-refractivity contribution is 5.89. The van der Waals surface area contributed by atoms with Gasteiger partial charge in [-0.05, 0) is 12.0 Å². The third kappa shape index (κ3) is 5.87. The molecule has 2 unspecified atom stereocenters. The molecule has 0 saturated heterocycles. The first-order valence-electron chi connectivity index (χ1n) is 8.01. The van der Waals surface area contributed by atoms with Crippen LogP contribution in [-0.2, 0) is 20.9 Å². The molecule has 0 aliphatic heterocycles. The number of alkyl carbamates (subject to hydrolysis) is 1. The lowest BCUT2D eigenvalue weighted by atomic mass is 9.84. The Kier molecular flexibility index (Phi) is 8.04. The average Bonchev–Trinajstić information content (AvgIpc) is 2.65. The SMILES string of the molecule is C#CC(NC(=O)OC)(C(=O)O)C(NCc1ccccc1)C(=C)CCC(=O)O. The Balaban J connectivity index is 3.22. The molecule has 0 aromatic heterocycles. The molecule has 0 fully saturated rings. The smallest absolute Gasteiger partial charge is 0.408 e. The fourth-order valence-corrected chi connectivity index (χ4v) is 2.47. The maximum atomic E-state index is 12.0. The van der Waals surface area contributed by atoms with E-state index >= 15 is 0 Å². The third-order valence-corrected chi connectivity index (χ3v) is 3.90. The van der Waals surface area contributed by atoms with Gasteiger partial charge >= 0.3 is 18.0 Å². The first-order chi connectivity index (χ1) is 12.8. The Bertz CT molecular complexity index is 740. The van der Waals surface area contributed by atoms with E-state index in [4.69, 9.17) is 11.5 Å². The summed E-state index contributed by atoms with van der Waals surface area (Å²) >= 11 is 0. The summed E-state index contributed by atoms with van der Waals surface area (Å²) < 4.78 is 4.49. The number of amides is 1. The molecule has 8 nitrogen and oxygen atoms in total. The van der Waals surface area contributed by atoms with E-state index in [0.29, 0.717) is 0 Å². The molecule has 0 aliphatic rings. The van der Waals surface area contributed by atoms with E-state index in [0.717, 1.165) is 12.7 Å². The van der Waals surface area contributed by atoms with Crippen LogP contribution in [0.5, 0.6) is 0 Å². The van der Waals surface area contributed by atoms with Crippen molar-refractivity contribution in [1.29, 1.82) is 0 Å². The minimum absolute atomic E-state index is 0.0264. The highest BCUT2D eigenvalue weighted by Crippen LogP contribution is 2.22. The van der Waals surface area contributed by atoms with Crippen molar-refractivity contribution >= 4 is 18.0 Å². The topological polar surface area (TPSA) is 125 Å². The predicted molar refractivity (Wildman–Crippen MR) is 97.8 cm³/mol. The van der Waals surface area contributed by atoms with E-state index in [9.17, 15) is 19.5 Å². The number of terminal acetylenes is 1. The van der Waals surface area contributed by atoms with Crippen molar-refractivity contribution in [2.24, 2.45) is 0 Å². The first kappa shape index (κ1) is 21.7. The molecular weight excluding hydrogens is 352 g/mol. The number of aliphatic carboxylic acids is 2. The third-order valence-electron chi connectivity index (χ3n) is 3.90. The molecule has 0 radical (unpaired) electrons. The molecule has 4 N–H and O–H groups in total. The number of carboxylic acid groups (broad SMARTS) is 2. The largest absolute Gasteiger partial charge is 0.481 e. The zero-order valence-electron chi connectivity index (χ0n) is 14.9. The summed E-state index contributed by atoms with van der Waals surface area (Å²) in [7, 11) is 1.07. The maximum absolute atomic E-state index is 12.0. The molecule has 2 atom stereocenters. The summed E-state index contributed by atoms with van der Waals surface area (Å²) in [5.74, 6) is -0.468. The summed E-state index contributed by atoms with van der Waals surface area (Å²) in [6.45, 7) is 4.01. The van der Waals surface area contributed by atoms with Crippen molar-refractivity contribution in [1.82, 2.24) is 10.6 Å². The van der Waals surface area contributed by atoms with Crippen LogP contribution in [0, 0.1) is 12.3 Å². The minimum atomic E-state index is -2.21. The zero-order chi connectivity index (χ0) is 20.4. The molecule has 0 bridgehead atoms. The van der Waals surface area contributed by atoms with Gasteiger partial charge in [0.05, 0.1) is 13.2 Å². The fourth-order valence-electron chi connectivity index (χ4n) is 2.47. The average molecular weight is 374 g/mol. The van der Waals surface area contributed by atoms with E-state index in [1.54, 1.807) is 0 Å². The molecule has 144 valence electrons. The van der Waals surface area contributed by atoms with Crippen LogP contribution in [0.4, 0.5) is 4.79 Å². The number of carbonyl (C=O) groups is 3. The van der Waals surface area contributed by atoms with E-state index in [1.165, 1.54) is 0 Å². The van der Waals surface area contributed by atoms with Crippen LogP contribution in [0.15, 0.2) is 42.5 Å². The summed E-state index contributed by atoms with van der Waals surface area (Å²) in [4.78, 5) is 34.6. The fraction of sp³-hybridized carbons (Fsp3) is 0.316. The second kappa shape index (κ2) is 9.99. The lowest BCUT2D eigenvalue weighted by Gasteiger charge is -2.35. The molecule has 1 rings (SSSR count). The molecular formula is C19H22N2O6. The normalized spacial score (nSPS) is 13.5. The number of methoxy groups -OCH3 is 1. The lowest BCUT2D eigenvalue weighted by molar-refractivity contribution is -0.143. The summed E-state index contributed by atoms with van der Waals surface area (Å²) in [6, 6.07) is 7.94. The Morgan fingerprint density at radius 3 is 2.37 bits per heavy atom. The summed E-state index contributed by atoms with van der Waals surface area (Å²) in [6.07, 6.45) is 4.15. The number of ether oxygens (including phenoxy) is 1. The predicted octanol–water partition coefficient (Wildman–Crippen LogP) is 1.38. The highest BCUT2D eigenvalue weighted by Gasteiger charge is 2.47. The molecule has 0 heterocycles. The Hall–Kier alpha value is -3.31. The van der Waals surface area contributed by atoms with Crippen LogP contribution in [0.3, 0.4) is 0 Å². The second-order valence-electron chi connectivity index (χ2n) is 5.73. The van der Waals surface area contributed by atoms with Gasteiger partial charge in [-0.15, -0.1) is 6.42 Å². The van der Waals surface area contributed by atoms with E-state index < -0.39 is 29.6 Å². The van der Waals surface area contributed by atoms with Crippen LogP contribution in [-0.4, -0.2) is 46.9 Å². The van der Waals surface area contributed by atoms with Crippen molar-refractivity contribution in [3.8, 4) is 12.3 Å².